The van der Waals surface area contributed by atoms with Crippen molar-refractivity contribution in [3.8, 4) is 0 Å². The molecule has 2 aromatic heterocycles. The molecule has 1 saturated heterocycles. The summed E-state index contributed by atoms with van der Waals surface area (Å²) in [5.41, 5.74) is 0.818. The fourth-order valence-corrected chi connectivity index (χ4v) is 4.09. The van der Waals surface area contributed by atoms with E-state index in [9.17, 15) is 14.7 Å². The zero-order chi connectivity index (χ0) is 16.8. The van der Waals surface area contributed by atoms with Crippen LogP contribution in [0.25, 0.3) is 5.78 Å². The molecule has 0 spiro atoms. The molecule has 1 aliphatic carbocycles. The Labute approximate surface area is 138 Å². The minimum atomic E-state index is -0.948. The van der Waals surface area contributed by atoms with E-state index in [0.717, 1.165) is 31.4 Å². The number of carbonyl (C=O) groups is 2. The summed E-state index contributed by atoms with van der Waals surface area (Å²) in [5.74, 6) is -0.711. The van der Waals surface area contributed by atoms with Crippen LogP contribution in [0.15, 0.2) is 12.3 Å². The number of aliphatic carboxylic acids is 1. The van der Waals surface area contributed by atoms with Gasteiger partial charge in [-0.2, -0.15) is 4.98 Å². The van der Waals surface area contributed by atoms with Crippen LogP contribution < -0.4 is 0 Å². The van der Waals surface area contributed by atoms with Gasteiger partial charge in [0, 0.05) is 17.9 Å². The highest BCUT2D eigenvalue weighted by molar-refractivity contribution is 5.94. The molecule has 0 unspecified atom stereocenters. The lowest BCUT2D eigenvalue weighted by Crippen LogP contribution is -2.46. The molecule has 0 bridgehead atoms. The monoisotopic (exact) mass is 329 g/mol. The number of hydrogen-bond acceptors (Lipinski definition) is 5. The van der Waals surface area contributed by atoms with Gasteiger partial charge in [-0.3, -0.25) is 4.79 Å². The second kappa shape index (κ2) is 5.54. The van der Waals surface area contributed by atoms with E-state index in [2.05, 4.69) is 15.1 Å². The largest absolute Gasteiger partial charge is 0.480 e. The van der Waals surface area contributed by atoms with Crippen LogP contribution >= 0.6 is 0 Å². The minimum absolute atomic E-state index is 0.0204. The van der Waals surface area contributed by atoms with Crippen LogP contribution in [0.5, 0.6) is 0 Å². The van der Waals surface area contributed by atoms with Crippen molar-refractivity contribution in [2.75, 3.05) is 0 Å². The summed E-state index contributed by atoms with van der Waals surface area (Å²) >= 11 is 0. The maximum Gasteiger partial charge on any atom is 0.326 e. The Kier molecular flexibility index (Phi) is 3.47. The quantitative estimate of drug-likeness (QED) is 0.891. The fourth-order valence-electron chi connectivity index (χ4n) is 4.09. The molecule has 3 atom stereocenters. The van der Waals surface area contributed by atoms with Crippen molar-refractivity contribution in [2.24, 2.45) is 5.92 Å². The topological polar surface area (TPSA) is 101 Å². The number of carbonyl (C=O) groups excluding carboxylic acids is 1. The second-order valence-corrected chi connectivity index (χ2v) is 6.65. The number of fused-ring (bicyclic) bond motifs is 2. The molecule has 1 N–H and O–H groups in total. The highest BCUT2D eigenvalue weighted by atomic mass is 16.4. The Bertz CT molecular complexity index is 817. The summed E-state index contributed by atoms with van der Waals surface area (Å²) < 4.78 is 1.51. The highest BCUT2D eigenvalue weighted by Gasteiger charge is 2.48. The predicted octanol–water partition coefficient (Wildman–Crippen LogP) is 1.29. The van der Waals surface area contributed by atoms with Crippen LogP contribution in [0.4, 0.5) is 0 Å². The lowest BCUT2D eigenvalue weighted by atomic mass is 9.85. The van der Waals surface area contributed by atoms with Crippen LogP contribution in [0.3, 0.4) is 0 Å². The zero-order valence-electron chi connectivity index (χ0n) is 13.4. The summed E-state index contributed by atoms with van der Waals surface area (Å²) in [4.78, 5) is 34.5. The number of nitrogens with zero attached hydrogens (tertiary/aromatic N) is 5. The van der Waals surface area contributed by atoms with E-state index in [1.165, 1.54) is 9.42 Å². The van der Waals surface area contributed by atoms with Gasteiger partial charge in [-0.05, 0) is 38.2 Å². The molecule has 2 fully saturated rings. The van der Waals surface area contributed by atoms with Crippen molar-refractivity contribution in [1.29, 1.82) is 0 Å². The van der Waals surface area contributed by atoms with Crippen molar-refractivity contribution >= 4 is 17.7 Å². The summed E-state index contributed by atoms with van der Waals surface area (Å²) in [6.07, 6.45) is 6.10. The van der Waals surface area contributed by atoms with E-state index in [0.29, 0.717) is 12.2 Å². The lowest BCUT2D eigenvalue weighted by Gasteiger charge is -2.32. The number of hydrogen-bond donors (Lipinski definition) is 1. The van der Waals surface area contributed by atoms with Crippen LogP contribution in [0.1, 0.15) is 48.4 Å². The molecular weight excluding hydrogens is 310 g/mol. The summed E-state index contributed by atoms with van der Waals surface area (Å²) in [6, 6.07) is 0.975. The summed E-state index contributed by atoms with van der Waals surface area (Å²) in [6.45, 7) is 1.85. The first-order chi connectivity index (χ1) is 11.6. The molecule has 0 radical (unpaired) electrons. The molecule has 24 heavy (non-hydrogen) atoms. The number of carboxylic acids is 1. The highest BCUT2D eigenvalue weighted by Crippen LogP contribution is 2.40. The van der Waals surface area contributed by atoms with Gasteiger partial charge in [-0.15, -0.1) is 5.10 Å². The molecule has 0 aromatic carbocycles. The van der Waals surface area contributed by atoms with E-state index >= 15 is 0 Å². The van der Waals surface area contributed by atoms with Crippen LogP contribution in [0, 0.1) is 12.8 Å². The molecule has 2 aromatic rings. The Balaban J connectivity index is 1.72. The Morgan fingerprint density at radius 3 is 2.83 bits per heavy atom. The van der Waals surface area contributed by atoms with Crippen LogP contribution in [-0.4, -0.2) is 53.5 Å². The van der Waals surface area contributed by atoms with E-state index < -0.39 is 17.9 Å². The molecule has 4 rings (SSSR count). The van der Waals surface area contributed by atoms with Crippen molar-refractivity contribution in [2.45, 2.75) is 51.1 Å². The van der Waals surface area contributed by atoms with Gasteiger partial charge in [0.25, 0.3) is 11.7 Å². The Morgan fingerprint density at radius 1 is 1.29 bits per heavy atom. The molecule has 1 amide bonds. The number of amides is 1. The molecule has 3 heterocycles. The van der Waals surface area contributed by atoms with Gasteiger partial charge >= 0.3 is 5.97 Å². The normalized spacial score (nSPS) is 26.5. The van der Waals surface area contributed by atoms with Gasteiger partial charge < -0.3 is 10.0 Å². The first kappa shape index (κ1) is 15.0. The van der Waals surface area contributed by atoms with Crippen molar-refractivity contribution in [1.82, 2.24) is 24.5 Å². The maximum atomic E-state index is 13.0. The SMILES string of the molecule is Cc1ccnc2nc(C(=O)N3[C@@H]4CCCC[C@H]4C[C@H]3C(=O)O)nn12. The third kappa shape index (κ3) is 2.24. The Morgan fingerprint density at radius 2 is 2.08 bits per heavy atom. The van der Waals surface area contributed by atoms with Gasteiger partial charge in [-0.25, -0.2) is 14.3 Å². The van der Waals surface area contributed by atoms with Gasteiger partial charge in [0.15, 0.2) is 0 Å². The van der Waals surface area contributed by atoms with Gasteiger partial charge in [0.2, 0.25) is 5.82 Å². The molecule has 2 aliphatic rings. The molecule has 1 aliphatic heterocycles. The van der Waals surface area contributed by atoms with E-state index in [-0.39, 0.29) is 17.8 Å². The fraction of sp³-hybridized carbons (Fsp3) is 0.562. The van der Waals surface area contributed by atoms with E-state index in [4.69, 9.17) is 0 Å². The van der Waals surface area contributed by atoms with Gasteiger partial charge in [-0.1, -0.05) is 12.8 Å². The van der Waals surface area contributed by atoms with Crippen molar-refractivity contribution in [3.05, 3.63) is 23.8 Å². The average molecular weight is 329 g/mol. The van der Waals surface area contributed by atoms with Crippen LogP contribution in [0.2, 0.25) is 0 Å². The predicted molar refractivity (Wildman–Crippen MR) is 83.5 cm³/mol. The number of aromatic nitrogens is 4. The molecular formula is C16H19N5O3. The number of carboxylic acid groups (broad SMARTS) is 1. The van der Waals surface area contributed by atoms with E-state index in [1.807, 2.05) is 6.92 Å². The minimum Gasteiger partial charge on any atom is -0.480 e. The second-order valence-electron chi connectivity index (χ2n) is 6.65. The van der Waals surface area contributed by atoms with Crippen molar-refractivity contribution in [3.63, 3.8) is 0 Å². The van der Waals surface area contributed by atoms with Crippen LogP contribution in [-0.2, 0) is 4.79 Å². The Hall–Kier alpha value is -2.51. The average Bonchev–Trinajstić information content (AvgIpc) is 3.16. The van der Waals surface area contributed by atoms with Crippen molar-refractivity contribution < 1.29 is 14.7 Å². The van der Waals surface area contributed by atoms with E-state index in [1.54, 1.807) is 12.3 Å². The molecule has 1 saturated carbocycles. The maximum absolute atomic E-state index is 13.0. The first-order valence-corrected chi connectivity index (χ1v) is 8.30. The zero-order valence-corrected chi connectivity index (χ0v) is 13.4. The third-order valence-electron chi connectivity index (χ3n) is 5.23. The summed E-state index contributed by atoms with van der Waals surface area (Å²) in [7, 11) is 0. The first-order valence-electron chi connectivity index (χ1n) is 8.30. The molecule has 126 valence electrons. The number of rotatable bonds is 2. The standard InChI is InChI=1S/C16H19N5O3/c1-9-6-7-17-16-18-13(19-21(9)16)14(22)20-11-5-3-2-4-10(11)8-12(20)15(23)24/h6-7,10-12H,2-5,8H2,1H3,(H,23,24)/t10-,11+,12-/m0/s1. The third-order valence-corrected chi connectivity index (χ3v) is 5.23. The van der Waals surface area contributed by atoms with Gasteiger partial charge in [0.1, 0.15) is 6.04 Å². The van der Waals surface area contributed by atoms with Gasteiger partial charge in [0.05, 0.1) is 0 Å². The molecule has 8 nitrogen and oxygen atoms in total. The smallest absolute Gasteiger partial charge is 0.326 e. The molecule has 8 heteroatoms. The summed E-state index contributed by atoms with van der Waals surface area (Å²) in [5, 5.41) is 13.8. The lowest BCUT2D eigenvalue weighted by molar-refractivity contribution is -0.141. The number of likely N-dealkylation sites (tertiary alicyclic amines) is 1. The number of aryl methyl sites for hydroxylation is 1.